The van der Waals surface area contributed by atoms with Gasteiger partial charge in [0.05, 0.1) is 0 Å². The minimum absolute atomic E-state index is 0.377. The van der Waals surface area contributed by atoms with Crippen molar-refractivity contribution in [3.05, 3.63) is 6.42 Å². The molecule has 1 atom stereocenters. The fourth-order valence-corrected chi connectivity index (χ4v) is 2.27. The van der Waals surface area contributed by atoms with Crippen LogP contribution < -0.4 is 5.73 Å². The third kappa shape index (κ3) is 2.19. The lowest BCUT2D eigenvalue weighted by atomic mass is 9.64. The summed E-state index contributed by atoms with van der Waals surface area (Å²) in [6.45, 7) is 7.78. The summed E-state index contributed by atoms with van der Waals surface area (Å²) in [5.74, 6) is 0. The van der Waals surface area contributed by atoms with Crippen molar-refractivity contribution in [2.24, 2.45) is 16.6 Å². The molecule has 1 saturated carbocycles. The summed E-state index contributed by atoms with van der Waals surface area (Å²) in [7, 11) is 0. The molecule has 1 fully saturated rings. The number of hydrogen-bond donors (Lipinski definition) is 1. The predicted octanol–water partition coefficient (Wildman–Crippen LogP) is 2.37. The molecule has 0 saturated heterocycles. The molecule has 1 unspecified atom stereocenters. The summed E-state index contributed by atoms with van der Waals surface area (Å²) < 4.78 is 0. The molecule has 0 bridgehead atoms. The highest BCUT2D eigenvalue weighted by Gasteiger charge is 2.35. The number of hydrogen-bond acceptors (Lipinski definition) is 1. The van der Waals surface area contributed by atoms with E-state index in [0.717, 1.165) is 6.54 Å². The molecule has 1 radical (unpaired) electrons. The Morgan fingerprint density at radius 1 is 1.27 bits per heavy atom. The quantitative estimate of drug-likeness (QED) is 0.616. The van der Waals surface area contributed by atoms with E-state index in [1.165, 1.54) is 19.3 Å². The molecular weight excluding hydrogens is 134 g/mol. The molecule has 11 heavy (non-hydrogen) atoms. The Labute approximate surface area is 70.4 Å². The van der Waals surface area contributed by atoms with Crippen LogP contribution in [-0.2, 0) is 0 Å². The van der Waals surface area contributed by atoms with Gasteiger partial charge in [-0.15, -0.1) is 0 Å². The van der Waals surface area contributed by atoms with Gasteiger partial charge in [-0.25, -0.2) is 0 Å². The van der Waals surface area contributed by atoms with E-state index in [1.54, 1.807) is 0 Å². The number of nitrogens with two attached hydrogens (primary N) is 1. The third-order valence-electron chi connectivity index (χ3n) is 2.73. The van der Waals surface area contributed by atoms with Crippen molar-refractivity contribution in [3.8, 4) is 0 Å². The first kappa shape index (κ1) is 9.05. The first-order valence-electron chi connectivity index (χ1n) is 4.49. The molecule has 0 aromatic rings. The fourth-order valence-electron chi connectivity index (χ4n) is 2.27. The standard InChI is InChI=1S/C10H20N/c1-9(2)5-4-6-10(3,7-9)8-11/h4H,5-8,11H2,1-3H3. The van der Waals surface area contributed by atoms with E-state index in [2.05, 4.69) is 27.2 Å². The Bertz CT molecular complexity index is 140. The second kappa shape index (κ2) is 2.78. The van der Waals surface area contributed by atoms with Crippen molar-refractivity contribution in [3.63, 3.8) is 0 Å². The normalized spacial score (nSPS) is 37.1. The molecule has 0 aromatic heterocycles. The SMILES string of the molecule is CC1(C)C[CH]CC(C)(CN)C1. The maximum absolute atomic E-state index is 5.74. The third-order valence-corrected chi connectivity index (χ3v) is 2.73. The van der Waals surface area contributed by atoms with Crippen molar-refractivity contribution in [1.82, 2.24) is 0 Å². The average Bonchev–Trinajstić information content (AvgIpc) is 1.85. The minimum Gasteiger partial charge on any atom is -0.330 e. The largest absolute Gasteiger partial charge is 0.330 e. The van der Waals surface area contributed by atoms with Crippen molar-refractivity contribution in [2.75, 3.05) is 6.54 Å². The molecule has 2 N–H and O–H groups in total. The van der Waals surface area contributed by atoms with Gasteiger partial charge in [-0.1, -0.05) is 20.8 Å². The highest BCUT2D eigenvalue weighted by Crippen LogP contribution is 2.44. The zero-order valence-corrected chi connectivity index (χ0v) is 7.98. The summed E-state index contributed by atoms with van der Waals surface area (Å²) in [5.41, 5.74) is 6.59. The molecule has 65 valence electrons. The molecule has 0 heterocycles. The highest BCUT2D eigenvalue weighted by atomic mass is 14.6. The average molecular weight is 154 g/mol. The Morgan fingerprint density at radius 2 is 1.91 bits per heavy atom. The van der Waals surface area contributed by atoms with Crippen LogP contribution in [0.15, 0.2) is 0 Å². The van der Waals surface area contributed by atoms with Crippen molar-refractivity contribution >= 4 is 0 Å². The molecule has 0 aliphatic heterocycles. The first-order valence-corrected chi connectivity index (χ1v) is 4.49. The molecule has 1 aliphatic rings. The molecule has 0 amide bonds. The van der Waals surface area contributed by atoms with E-state index < -0.39 is 0 Å². The molecular formula is C10H20N. The van der Waals surface area contributed by atoms with Crippen LogP contribution >= 0.6 is 0 Å². The van der Waals surface area contributed by atoms with Gasteiger partial charge in [-0.3, -0.25) is 0 Å². The maximum Gasteiger partial charge on any atom is -0.00229 e. The Hall–Kier alpha value is -0.0400. The van der Waals surface area contributed by atoms with Gasteiger partial charge in [0.2, 0.25) is 0 Å². The summed E-state index contributed by atoms with van der Waals surface area (Å²) in [6.07, 6.45) is 6.12. The van der Waals surface area contributed by atoms with Crippen LogP contribution in [0.25, 0.3) is 0 Å². The Balaban J connectivity index is 2.59. The lowest BCUT2D eigenvalue weighted by Gasteiger charge is -2.42. The first-order chi connectivity index (χ1) is 4.97. The van der Waals surface area contributed by atoms with E-state index in [1.807, 2.05) is 0 Å². The zero-order chi connectivity index (χ0) is 8.54. The molecule has 0 spiro atoms. The summed E-state index contributed by atoms with van der Waals surface area (Å²) in [5, 5.41) is 0. The minimum atomic E-state index is 0.377. The Kier molecular flexibility index (Phi) is 2.29. The van der Waals surface area contributed by atoms with Crippen LogP contribution in [-0.4, -0.2) is 6.54 Å². The van der Waals surface area contributed by atoms with Gasteiger partial charge in [-0.2, -0.15) is 0 Å². The van der Waals surface area contributed by atoms with Crippen molar-refractivity contribution in [1.29, 1.82) is 0 Å². The number of rotatable bonds is 1. The van der Waals surface area contributed by atoms with Gasteiger partial charge >= 0.3 is 0 Å². The van der Waals surface area contributed by atoms with Crippen LogP contribution in [0.1, 0.15) is 40.0 Å². The molecule has 1 heteroatoms. The van der Waals surface area contributed by atoms with Crippen LogP contribution in [0, 0.1) is 17.3 Å². The van der Waals surface area contributed by atoms with Crippen LogP contribution in [0.2, 0.25) is 0 Å². The fraction of sp³-hybridized carbons (Fsp3) is 0.900. The molecule has 1 rings (SSSR count). The summed E-state index contributed by atoms with van der Waals surface area (Å²) in [6, 6.07) is 0. The second-order valence-electron chi connectivity index (χ2n) is 5.05. The van der Waals surface area contributed by atoms with Gasteiger partial charge < -0.3 is 5.73 Å². The van der Waals surface area contributed by atoms with Gasteiger partial charge in [0.15, 0.2) is 0 Å². The maximum atomic E-state index is 5.74. The lowest BCUT2D eigenvalue weighted by Crippen LogP contribution is -2.36. The van der Waals surface area contributed by atoms with Gasteiger partial charge in [-0.05, 0) is 43.1 Å². The smallest absolute Gasteiger partial charge is 0.00229 e. The van der Waals surface area contributed by atoms with E-state index in [-0.39, 0.29) is 0 Å². The molecule has 0 aromatic carbocycles. The summed E-state index contributed by atoms with van der Waals surface area (Å²) >= 11 is 0. The van der Waals surface area contributed by atoms with E-state index >= 15 is 0 Å². The Morgan fingerprint density at radius 3 is 2.27 bits per heavy atom. The monoisotopic (exact) mass is 154 g/mol. The topological polar surface area (TPSA) is 26.0 Å². The van der Waals surface area contributed by atoms with Crippen molar-refractivity contribution in [2.45, 2.75) is 40.0 Å². The zero-order valence-electron chi connectivity index (χ0n) is 7.98. The van der Waals surface area contributed by atoms with E-state index in [0.29, 0.717) is 10.8 Å². The predicted molar refractivity (Wildman–Crippen MR) is 49.1 cm³/mol. The summed E-state index contributed by atoms with van der Waals surface area (Å²) in [4.78, 5) is 0. The molecule has 1 aliphatic carbocycles. The lowest BCUT2D eigenvalue weighted by molar-refractivity contribution is 0.140. The second-order valence-corrected chi connectivity index (χ2v) is 5.05. The van der Waals surface area contributed by atoms with Crippen LogP contribution in [0.5, 0.6) is 0 Å². The van der Waals surface area contributed by atoms with Gasteiger partial charge in [0.1, 0.15) is 0 Å². The van der Waals surface area contributed by atoms with Crippen LogP contribution in [0.3, 0.4) is 0 Å². The van der Waals surface area contributed by atoms with Gasteiger partial charge in [0.25, 0.3) is 0 Å². The van der Waals surface area contributed by atoms with Crippen LogP contribution in [0.4, 0.5) is 0 Å². The molecule has 1 nitrogen and oxygen atoms in total. The highest BCUT2D eigenvalue weighted by molar-refractivity contribution is 4.95. The van der Waals surface area contributed by atoms with Gasteiger partial charge in [0, 0.05) is 0 Å². The van der Waals surface area contributed by atoms with Crippen molar-refractivity contribution < 1.29 is 0 Å². The van der Waals surface area contributed by atoms with E-state index in [9.17, 15) is 0 Å². The van der Waals surface area contributed by atoms with E-state index in [4.69, 9.17) is 5.73 Å².